The first-order chi connectivity index (χ1) is 22.3. The molecule has 0 amide bonds. The van der Waals surface area contributed by atoms with Crippen LogP contribution in [-0.2, 0) is 0 Å². The van der Waals surface area contributed by atoms with Crippen molar-refractivity contribution in [2.24, 2.45) is 0 Å². The summed E-state index contributed by atoms with van der Waals surface area (Å²) in [5.41, 5.74) is 14.4. The third-order valence-electron chi connectivity index (χ3n) is 9.32. The number of para-hydroxylation sites is 2. The highest BCUT2D eigenvalue weighted by Crippen LogP contribution is 2.49. The Morgan fingerprint density at radius 3 is 1.38 bits per heavy atom. The van der Waals surface area contributed by atoms with Crippen molar-refractivity contribution in [3.05, 3.63) is 152 Å². The molecule has 0 aliphatic heterocycles. The predicted molar refractivity (Wildman–Crippen MR) is 187 cm³/mol. The minimum Gasteiger partial charge on any atom is -0.309 e. The van der Waals surface area contributed by atoms with Gasteiger partial charge in [-0.25, -0.2) is 9.97 Å². The third kappa shape index (κ3) is 3.46. The molecule has 45 heavy (non-hydrogen) atoms. The van der Waals surface area contributed by atoms with Crippen molar-refractivity contribution < 1.29 is 0 Å². The van der Waals surface area contributed by atoms with E-state index in [0.717, 1.165) is 39.2 Å². The maximum Gasteiger partial charge on any atom is 0.0973 e. The molecular formula is C42H25N3. The molecule has 0 atom stereocenters. The lowest BCUT2D eigenvalue weighted by Crippen LogP contribution is -1.97. The molecule has 0 spiro atoms. The molecule has 0 fully saturated rings. The predicted octanol–water partition coefficient (Wildman–Crippen LogP) is 10.9. The van der Waals surface area contributed by atoms with Crippen LogP contribution in [0.2, 0.25) is 0 Å². The fourth-order valence-corrected chi connectivity index (χ4v) is 7.39. The fraction of sp³-hybridized carbons (Fsp3) is 0. The molecule has 208 valence electrons. The van der Waals surface area contributed by atoms with E-state index in [1.54, 1.807) is 0 Å². The van der Waals surface area contributed by atoms with E-state index in [1.807, 2.05) is 30.3 Å². The van der Waals surface area contributed by atoms with E-state index < -0.39 is 0 Å². The van der Waals surface area contributed by atoms with Crippen molar-refractivity contribution >= 4 is 43.6 Å². The summed E-state index contributed by atoms with van der Waals surface area (Å²) in [6.07, 6.45) is 0. The Morgan fingerprint density at radius 1 is 0.356 bits per heavy atom. The van der Waals surface area contributed by atoms with Crippen molar-refractivity contribution in [1.29, 1.82) is 0 Å². The zero-order chi connectivity index (χ0) is 29.5. The highest BCUT2D eigenvalue weighted by Gasteiger charge is 2.24. The van der Waals surface area contributed by atoms with Gasteiger partial charge < -0.3 is 4.57 Å². The zero-order valence-electron chi connectivity index (χ0n) is 24.3. The van der Waals surface area contributed by atoms with E-state index in [1.165, 1.54) is 54.8 Å². The van der Waals surface area contributed by atoms with Crippen LogP contribution in [0.5, 0.6) is 0 Å². The number of fused-ring (bicyclic) bond motifs is 3. The molecular weight excluding hydrogens is 546 g/mol. The van der Waals surface area contributed by atoms with Crippen molar-refractivity contribution in [2.45, 2.75) is 0 Å². The minimum absolute atomic E-state index is 0.886. The van der Waals surface area contributed by atoms with Gasteiger partial charge in [0.1, 0.15) is 0 Å². The minimum atomic E-state index is 0.886. The maximum atomic E-state index is 5.13. The molecule has 3 nitrogen and oxygen atoms in total. The summed E-state index contributed by atoms with van der Waals surface area (Å²) in [6, 6.07) is 54.1. The Hall–Kier alpha value is -6.06. The molecule has 7 aromatic carbocycles. The van der Waals surface area contributed by atoms with E-state index in [2.05, 4.69) is 126 Å². The average Bonchev–Trinajstić information content (AvgIpc) is 3.39. The summed E-state index contributed by atoms with van der Waals surface area (Å²) in [5.74, 6) is 0. The Balaban J connectivity index is 1.21. The summed E-state index contributed by atoms with van der Waals surface area (Å²) < 4.78 is 2.42. The molecule has 0 saturated heterocycles. The van der Waals surface area contributed by atoms with Crippen LogP contribution < -0.4 is 0 Å². The standard InChI is InChI=1S/C42H25N3/c1-2-10-27(11-3-1)41-42(44-35-19-5-4-18-34(35)43-41)28-22-24-29(25-23-28)45-36-20-8-16-32-30-14-6-12-26-13-7-15-31(38(26)30)33-17-9-21-37(45)40(33)39(32)36/h1-25H. The Kier molecular flexibility index (Phi) is 5.00. The Bertz CT molecular complexity index is 2530. The van der Waals surface area contributed by atoms with Crippen LogP contribution in [0.15, 0.2) is 152 Å². The normalized spacial score (nSPS) is 12.0. The quantitative estimate of drug-likeness (QED) is 0.211. The van der Waals surface area contributed by atoms with Crippen molar-refractivity contribution in [3.8, 4) is 50.5 Å². The van der Waals surface area contributed by atoms with Crippen LogP contribution in [0, 0.1) is 0 Å². The summed E-state index contributed by atoms with van der Waals surface area (Å²) in [4.78, 5) is 10.2. The molecule has 0 bridgehead atoms. The van der Waals surface area contributed by atoms with Crippen molar-refractivity contribution in [1.82, 2.24) is 14.5 Å². The van der Waals surface area contributed by atoms with Gasteiger partial charge in [0.25, 0.3) is 0 Å². The van der Waals surface area contributed by atoms with E-state index >= 15 is 0 Å². The van der Waals surface area contributed by atoms with Crippen molar-refractivity contribution in [3.63, 3.8) is 0 Å². The maximum absolute atomic E-state index is 5.13. The van der Waals surface area contributed by atoms with Gasteiger partial charge in [-0.15, -0.1) is 0 Å². The van der Waals surface area contributed by atoms with Gasteiger partial charge >= 0.3 is 0 Å². The van der Waals surface area contributed by atoms with Crippen LogP contribution in [0.25, 0.3) is 94.1 Å². The summed E-state index contributed by atoms with van der Waals surface area (Å²) >= 11 is 0. The molecule has 0 N–H and O–H groups in total. The topological polar surface area (TPSA) is 30.7 Å². The molecule has 0 saturated carbocycles. The van der Waals surface area contributed by atoms with E-state index in [4.69, 9.17) is 9.97 Å². The number of hydrogen-bond donors (Lipinski definition) is 0. The molecule has 1 aliphatic carbocycles. The van der Waals surface area contributed by atoms with Crippen LogP contribution >= 0.6 is 0 Å². The lowest BCUT2D eigenvalue weighted by atomic mass is 9.93. The smallest absolute Gasteiger partial charge is 0.0973 e. The first-order valence-electron chi connectivity index (χ1n) is 15.4. The molecule has 2 aromatic heterocycles. The van der Waals surface area contributed by atoms with Gasteiger partial charge in [-0.2, -0.15) is 0 Å². The van der Waals surface area contributed by atoms with Gasteiger partial charge in [-0.05, 0) is 69.4 Å². The average molecular weight is 572 g/mol. The number of rotatable bonds is 3. The Morgan fingerprint density at radius 2 is 0.822 bits per heavy atom. The second-order valence-corrected chi connectivity index (χ2v) is 11.8. The number of benzene rings is 7. The van der Waals surface area contributed by atoms with Crippen molar-refractivity contribution in [2.75, 3.05) is 0 Å². The second-order valence-electron chi connectivity index (χ2n) is 11.8. The highest BCUT2D eigenvalue weighted by atomic mass is 15.0. The Labute approximate surface area is 259 Å². The van der Waals surface area contributed by atoms with Gasteiger partial charge in [-0.1, -0.05) is 115 Å². The van der Waals surface area contributed by atoms with Crippen LogP contribution in [0.3, 0.4) is 0 Å². The summed E-state index contributed by atoms with van der Waals surface area (Å²) in [5, 5.41) is 5.22. The van der Waals surface area contributed by atoms with Gasteiger partial charge in [0.15, 0.2) is 0 Å². The fourth-order valence-electron chi connectivity index (χ4n) is 7.39. The number of hydrogen-bond acceptors (Lipinski definition) is 2. The van der Waals surface area contributed by atoms with E-state index in [9.17, 15) is 0 Å². The van der Waals surface area contributed by atoms with Crippen LogP contribution in [-0.4, -0.2) is 14.5 Å². The molecule has 0 unspecified atom stereocenters. The molecule has 10 rings (SSSR count). The third-order valence-corrected chi connectivity index (χ3v) is 9.32. The van der Waals surface area contributed by atoms with Crippen LogP contribution in [0.4, 0.5) is 0 Å². The van der Waals surface area contributed by atoms with Gasteiger partial charge in [0.2, 0.25) is 0 Å². The first-order valence-corrected chi connectivity index (χ1v) is 15.4. The molecule has 9 aromatic rings. The highest BCUT2D eigenvalue weighted by molar-refractivity contribution is 6.27. The SMILES string of the molecule is c1ccc(-c2nc3ccccc3nc2-c2ccc(-n3c4cccc5c4c4c(cccc43)-c3cccc4cccc-5c34)cc2)cc1. The van der Waals surface area contributed by atoms with Gasteiger partial charge in [0.05, 0.1) is 33.5 Å². The number of aromatic nitrogens is 3. The first kappa shape index (κ1) is 24.4. The number of nitrogens with zero attached hydrogens (tertiary/aromatic N) is 3. The summed E-state index contributed by atoms with van der Waals surface area (Å²) in [6.45, 7) is 0. The van der Waals surface area contributed by atoms with E-state index in [0.29, 0.717) is 0 Å². The second kappa shape index (κ2) is 9.22. The lowest BCUT2D eigenvalue weighted by Gasteiger charge is -2.14. The summed E-state index contributed by atoms with van der Waals surface area (Å²) in [7, 11) is 0. The largest absolute Gasteiger partial charge is 0.309 e. The molecule has 3 heteroatoms. The van der Waals surface area contributed by atoms with E-state index in [-0.39, 0.29) is 0 Å². The molecule has 0 radical (unpaired) electrons. The lowest BCUT2D eigenvalue weighted by molar-refractivity contribution is 1.18. The monoisotopic (exact) mass is 571 g/mol. The zero-order valence-corrected chi connectivity index (χ0v) is 24.3. The molecule has 1 aliphatic rings. The van der Waals surface area contributed by atoms with Gasteiger partial charge in [-0.3, -0.25) is 0 Å². The van der Waals surface area contributed by atoms with Gasteiger partial charge in [0, 0.05) is 27.6 Å². The van der Waals surface area contributed by atoms with Crippen LogP contribution in [0.1, 0.15) is 0 Å². The molecule has 2 heterocycles.